The number of nitrogens with zero attached hydrogens (tertiary/aromatic N) is 1. The van der Waals surface area contributed by atoms with Gasteiger partial charge in [0.25, 0.3) is 0 Å². The number of rotatable bonds is 4. The van der Waals surface area contributed by atoms with Crippen molar-refractivity contribution in [1.29, 1.82) is 0 Å². The molecule has 1 unspecified atom stereocenters. The molecule has 17 heavy (non-hydrogen) atoms. The molecular formula is C14H20N2O. The summed E-state index contributed by atoms with van der Waals surface area (Å²) in [5.74, 6) is 0. The minimum absolute atomic E-state index is 0.187. The second kappa shape index (κ2) is 4.39. The van der Waals surface area contributed by atoms with Crippen molar-refractivity contribution in [3.8, 4) is 0 Å². The lowest BCUT2D eigenvalue weighted by molar-refractivity contribution is 0.202. The summed E-state index contributed by atoms with van der Waals surface area (Å²) in [6.45, 7) is 1.26. The van der Waals surface area contributed by atoms with Gasteiger partial charge in [0.05, 0.1) is 5.69 Å². The van der Waals surface area contributed by atoms with E-state index in [0.717, 1.165) is 25.8 Å². The van der Waals surface area contributed by atoms with E-state index in [-0.39, 0.29) is 5.41 Å². The van der Waals surface area contributed by atoms with Crippen LogP contribution in [0.15, 0.2) is 18.3 Å². The van der Waals surface area contributed by atoms with Crippen molar-refractivity contribution in [3.05, 3.63) is 29.6 Å². The van der Waals surface area contributed by atoms with Gasteiger partial charge in [-0.2, -0.15) is 0 Å². The fourth-order valence-corrected chi connectivity index (χ4v) is 2.72. The molecule has 1 saturated carbocycles. The van der Waals surface area contributed by atoms with Gasteiger partial charge >= 0.3 is 0 Å². The number of hydrogen-bond donors (Lipinski definition) is 2. The van der Waals surface area contributed by atoms with Crippen molar-refractivity contribution in [1.82, 2.24) is 10.3 Å². The Morgan fingerprint density at radius 3 is 3.12 bits per heavy atom. The number of aromatic nitrogens is 1. The molecule has 1 atom stereocenters. The van der Waals surface area contributed by atoms with E-state index in [0.29, 0.717) is 12.6 Å². The highest BCUT2D eigenvalue weighted by atomic mass is 16.3. The third kappa shape index (κ3) is 2.22. The fraction of sp³-hybridized carbons (Fsp3) is 0.643. The molecule has 1 fully saturated rings. The Morgan fingerprint density at radius 1 is 1.47 bits per heavy atom. The fourth-order valence-electron chi connectivity index (χ4n) is 2.72. The van der Waals surface area contributed by atoms with Gasteiger partial charge in [0.2, 0.25) is 0 Å². The number of pyridine rings is 1. The summed E-state index contributed by atoms with van der Waals surface area (Å²) in [4.78, 5) is 4.52. The molecule has 2 aliphatic rings. The van der Waals surface area contributed by atoms with E-state index in [1.54, 1.807) is 0 Å². The van der Waals surface area contributed by atoms with E-state index in [1.165, 1.54) is 24.1 Å². The smallest absolute Gasteiger partial charge is 0.0605 e. The minimum atomic E-state index is 0.187. The van der Waals surface area contributed by atoms with Crippen LogP contribution in [0.2, 0.25) is 0 Å². The molecule has 92 valence electrons. The normalized spacial score (nSPS) is 25.4. The van der Waals surface area contributed by atoms with Gasteiger partial charge in [-0.3, -0.25) is 4.98 Å². The second-order valence-electron chi connectivity index (χ2n) is 5.53. The number of aryl methyl sites for hydroxylation is 1. The number of fused-ring (bicyclic) bond motifs is 1. The molecule has 3 heteroatoms. The van der Waals surface area contributed by atoms with E-state index in [2.05, 4.69) is 16.4 Å². The summed E-state index contributed by atoms with van der Waals surface area (Å²) >= 11 is 0. The SMILES string of the molecule is OCC1(CNC2CCCc3cccnc32)CC1. The van der Waals surface area contributed by atoms with Gasteiger partial charge in [-0.15, -0.1) is 0 Å². The summed E-state index contributed by atoms with van der Waals surface area (Å²) < 4.78 is 0. The summed E-state index contributed by atoms with van der Waals surface area (Å²) in [7, 11) is 0. The number of nitrogens with one attached hydrogen (secondary N) is 1. The summed E-state index contributed by atoms with van der Waals surface area (Å²) in [6.07, 6.45) is 7.79. The zero-order valence-electron chi connectivity index (χ0n) is 10.2. The second-order valence-corrected chi connectivity index (χ2v) is 5.53. The zero-order valence-corrected chi connectivity index (χ0v) is 10.2. The minimum Gasteiger partial charge on any atom is -0.396 e. The van der Waals surface area contributed by atoms with Crippen LogP contribution in [0.25, 0.3) is 0 Å². The molecule has 1 aromatic rings. The molecule has 2 aliphatic carbocycles. The van der Waals surface area contributed by atoms with Crippen molar-refractivity contribution in [3.63, 3.8) is 0 Å². The average molecular weight is 232 g/mol. The topological polar surface area (TPSA) is 45.1 Å². The van der Waals surface area contributed by atoms with Crippen LogP contribution in [0.3, 0.4) is 0 Å². The monoisotopic (exact) mass is 232 g/mol. The lowest BCUT2D eigenvalue weighted by Gasteiger charge is -2.26. The number of aliphatic hydroxyl groups is 1. The molecule has 0 aromatic carbocycles. The largest absolute Gasteiger partial charge is 0.396 e. The van der Waals surface area contributed by atoms with Crippen LogP contribution in [0, 0.1) is 5.41 Å². The third-order valence-electron chi connectivity index (χ3n) is 4.21. The molecule has 0 bridgehead atoms. The molecule has 0 aliphatic heterocycles. The van der Waals surface area contributed by atoms with Gasteiger partial charge in [0.1, 0.15) is 0 Å². The van der Waals surface area contributed by atoms with E-state index in [1.807, 2.05) is 12.3 Å². The Balaban J connectivity index is 1.68. The highest BCUT2D eigenvalue weighted by molar-refractivity contribution is 5.25. The Hall–Kier alpha value is -0.930. The Labute approximate surface area is 102 Å². The summed E-state index contributed by atoms with van der Waals surface area (Å²) in [6, 6.07) is 4.61. The molecule has 0 radical (unpaired) electrons. The van der Waals surface area contributed by atoms with E-state index in [9.17, 15) is 5.11 Å². The van der Waals surface area contributed by atoms with Crippen LogP contribution in [-0.4, -0.2) is 23.2 Å². The first-order valence-corrected chi connectivity index (χ1v) is 6.61. The average Bonchev–Trinajstić information content (AvgIpc) is 3.17. The zero-order chi connectivity index (χ0) is 11.7. The van der Waals surface area contributed by atoms with Crippen LogP contribution >= 0.6 is 0 Å². The van der Waals surface area contributed by atoms with Gasteiger partial charge < -0.3 is 10.4 Å². The van der Waals surface area contributed by atoms with Crippen LogP contribution in [0.4, 0.5) is 0 Å². The van der Waals surface area contributed by atoms with E-state index >= 15 is 0 Å². The van der Waals surface area contributed by atoms with Crippen LogP contribution in [0.1, 0.15) is 43.0 Å². The molecule has 0 spiro atoms. The number of hydrogen-bond acceptors (Lipinski definition) is 3. The van der Waals surface area contributed by atoms with Crippen molar-refractivity contribution in [2.75, 3.05) is 13.2 Å². The molecule has 0 saturated heterocycles. The lowest BCUT2D eigenvalue weighted by Crippen LogP contribution is -2.32. The van der Waals surface area contributed by atoms with Crippen molar-refractivity contribution >= 4 is 0 Å². The van der Waals surface area contributed by atoms with Gasteiger partial charge in [-0.1, -0.05) is 6.07 Å². The maximum absolute atomic E-state index is 9.33. The van der Waals surface area contributed by atoms with E-state index in [4.69, 9.17) is 0 Å². The predicted octanol–water partition coefficient (Wildman–Crippen LogP) is 1.82. The Morgan fingerprint density at radius 2 is 2.35 bits per heavy atom. The van der Waals surface area contributed by atoms with Crippen LogP contribution < -0.4 is 5.32 Å². The van der Waals surface area contributed by atoms with Gasteiger partial charge in [-0.25, -0.2) is 0 Å². The highest BCUT2D eigenvalue weighted by Gasteiger charge is 2.42. The van der Waals surface area contributed by atoms with Gasteiger partial charge in [0.15, 0.2) is 0 Å². The third-order valence-corrected chi connectivity index (χ3v) is 4.21. The molecule has 3 nitrogen and oxygen atoms in total. The highest BCUT2D eigenvalue weighted by Crippen LogP contribution is 2.45. The summed E-state index contributed by atoms with van der Waals surface area (Å²) in [5, 5.41) is 12.9. The Kier molecular flexibility index (Phi) is 2.89. The molecule has 1 heterocycles. The molecule has 2 N–H and O–H groups in total. The van der Waals surface area contributed by atoms with Gasteiger partial charge in [-0.05, 0) is 43.7 Å². The van der Waals surface area contributed by atoms with Gasteiger partial charge in [0, 0.05) is 30.8 Å². The molecule has 0 amide bonds. The summed E-state index contributed by atoms with van der Waals surface area (Å²) in [5.41, 5.74) is 2.81. The van der Waals surface area contributed by atoms with E-state index < -0.39 is 0 Å². The van der Waals surface area contributed by atoms with Crippen molar-refractivity contribution in [2.24, 2.45) is 5.41 Å². The van der Waals surface area contributed by atoms with Crippen LogP contribution in [0.5, 0.6) is 0 Å². The quantitative estimate of drug-likeness (QED) is 0.832. The number of aliphatic hydroxyl groups excluding tert-OH is 1. The maximum atomic E-state index is 9.33. The predicted molar refractivity (Wildman–Crippen MR) is 66.7 cm³/mol. The molecular weight excluding hydrogens is 212 g/mol. The first kappa shape index (κ1) is 11.2. The Bertz CT molecular complexity index is 401. The van der Waals surface area contributed by atoms with Crippen LogP contribution in [-0.2, 0) is 6.42 Å². The maximum Gasteiger partial charge on any atom is 0.0605 e. The standard InChI is InChI=1S/C14H20N2O/c17-10-14(6-7-14)9-16-12-5-1-3-11-4-2-8-15-13(11)12/h2,4,8,12,16-17H,1,3,5-7,9-10H2. The first-order chi connectivity index (χ1) is 8.33. The van der Waals surface area contributed by atoms with Crippen molar-refractivity contribution < 1.29 is 5.11 Å². The van der Waals surface area contributed by atoms with Crippen molar-refractivity contribution in [2.45, 2.75) is 38.1 Å². The molecule has 1 aromatic heterocycles. The molecule has 3 rings (SSSR count). The lowest BCUT2D eigenvalue weighted by atomic mass is 9.91. The first-order valence-electron chi connectivity index (χ1n) is 6.61.